The van der Waals surface area contributed by atoms with Gasteiger partial charge in [0.25, 0.3) is 0 Å². The molecule has 11 nitrogen and oxygen atoms in total. The fraction of sp³-hybridized carbons (Fsp3) is 0.913. The Morgan fingerprint density at radius 2 is 1.09 bits per heavy atom. The molecule has 1 amide bonds. The SMILES string of the molecule is CC1(C)CC(NC(=O)CCOCCOCCOCCOCCOCCC(=O)O)CC(C)(C)N1O. The monoisotopic (exact) mass is 492 g/mol. The molecular weight excluding hydrogens is 448 g/mol. The molecule has 0 saturated carbocycles. The van der Waals surface area contributed by atoms with E-state index >= 15 is 0 Å². The zero-order valence-corrected chi connectivity index (χ0v) is 21.2. The number of hydrogen-bond donors (Lipinski definition) is 3. The second-order valence-electron chi connectivity index (χ2n) is 9.56. The van der Waals surface area contributed by atoms with Gasteiger partial charge in [-0.1, -0.05) is 0 Å². The zero-order valence-electron chi connectivity index (χ0n) is 21.2. The summed E-state index contributed by atoms with van der Waals surface area (Å²) >= 11 is 0. The molecular formula is C23H44N2O9. The molecule has 0 aliphatic carbocycles. The number of carboxylic acids is 1. The quantitative estimate of drug-likeness (QED) is 0.227. The first-order valence-corrected chi connectivity index (χ1v) is 11.9. The van der Waals surface area contributed by atoms with E-state index in [0.29, 0.717) is 72.3 Å². The van der Waals surface area contributed by atoms with E-state index in [0.717, 1.165) is 0 Å². The molecule has 1 heterocycles. The van der Waals surface area contributed by atoms with Crippen molar-refractivity contribution in [2.24, 2.45) is 0 Å². The number of aliphatic carboxylic acids is 1. The molecule has 200 valence electrons. The Morgan fingerprint density at radius 3 is 1.47 bits per heavy atom. The number of rotatable bonds is 19. The Kier molecular flexibility index (Phi) is 14.8. The highest BCUT2D eigenvalue weighted by atomic mass is 16.6. The van der Waals surface area contributed by atoms with E-state index in [1.807, 2.05) is 27.7 Å². The first-order valence-electron chi connectivity index (χ1n) is 11.9. The topological polar surface area (TPSA) is 136 Å². The molecule has 11 heteroatoms. The molecule has 0 aromatic rings. The summed E-state index contributed by atoms with van der Waals surface area (Å²) in [5.74, 6) is -0.929. The van der Waals surface area contributed by atoms with E-state index in [-0.39, 0.29) is 31.4 Å². The van der Waals surface area contributed by atoms with Crippen LogP contribution in [0.2, 0.25) is 0 Å². The third kappa shape index (κ3) is 13.5. The third-order valence-electron chi connectivity index (χ3n) is 5.43. The summed E-state index contributed by atoms with van der Waals surface area (Å²) in [7, 11) is 0. The Labute approximate surface area is 203 Å². The molecule has 0 atom stereocenters. The number of nitrogens with zero attached hydrogens (tertiary/aromatic N) is 1. The highest BCUT2D eigenvalue weighted by Crippen LogP contribution is 2.36. The molecule has 0 bridgehead atoms. The van der Waals surface area contributed by atoms with Gasteiger partial charge in [-0.15, -0.1) is 0 Å². The largest absolute Gasteiger partial charge is 0.481 e. The maximum absolute atomic E-state index is 12.2. The van der Waals surface area contributed by atoms with Gasteiger partial charge in [-0.2, -0.15) is 5.06 Å². The molecule has 0 radical (unpaired) electrons. The average molecular weight is 493 g/mol. The van der Waals surface area contributed by atoms with Gasteiger partial charge >= 0.3 is 5.97 Å². The lowest BCUT2D eigenvalue weighted by atomic mass is 9.79. The van der Waals surface area contributed by atoms with Crippen LogP contribution >= 0.6 is 0 Å². The van der Waals surface area contributed by atoms with Crippen molar-refractivity contribution in [1.82, 2.24) is 10.4 Å². The van der Waals surface area contributed by atoms with Crippen LogP contribution in [-0.2, 0) is 33.3 Å². The van der Waals surface area contributed by atoms with Gasteiger partial charge in [0.1, 0.15) is 0 Å². The smallest absolute Gasteiger partial charge is 0.305 e. The Balaban J connectivity index is 1.90. The highest BCUT2D eigenvalue weighted by Gasteiger charge is 2.45. The molecule has 1 rings (SSSR count). The zero-order chi connectivity index (χ0) is 25.5. The fourth-order valence-corrected chi connectivity index (χ4v) is 3.98. The minimum atomic E-state index is -0.879. The van der Waals surface area contributed by atoms with Crippen LogP contribution in [0, 0.1) is 0 Å². The van der Waals surface area contributed by atoms with E-state index in [1.54, 1.807) is 0 Å². The second-order valence-corrected chi connectivity index (χ2v) is 9.56. The number of carbonyl (C=O) groups excluding carboxylic acids is 1. The summed E-state index contributed by atoms with van der Waals surface area (Å²) in [4.78, 5) is 22.5. The molecule has 1 aliphatic heterocycles. The summed E-state index contributed by atoms with van der Waals surface area (Å²) in [6.45, 7) is 11.7. The average Bonchev–Trinajstić information content (AvgIpc) is 2.73. The number of piperidine rings is 1. The van der Waals surface area contributed by atoms with Gasteiger partial charge in [0.05, 0.1) is 72.5 Å². The predicted molar refractivity (Wildman–Crippen MR) is 124 cm³/mol. The molecule has 1 aliphatic rings. The Bertz CT molecular complexity index is 569. The highest BCUT2D eigenvalue weighted by molar-refractivity contribution is 5.76. The van der Waals surface area contributed by atoms with Crippen molar-refractivity contribution in [3.8, 4) is 0 Å². The summed E-state index contributed by atoms with van der Waals surface area (Å²) in [6, 6.07) is 0.0202. The van der Waals surface area contributed by atoms with E-state index in [4.69, 9.17) is 28.8 Å². The molecule has 3 N–H and O–H groups in total. The van der Waals surface area contributed by atoms with Crippen molar-refractivity contribution in [2.45, 2.75) is 70.5 Å². The van der Waals surface area contributed by atoms with E-state index < -0.39 is 17.0 Å². The lowest BCUT2D eigenvalue weighted by molar-refractivity contribution is -0.246. The van der Waals surface area contributed by atoms with Gasteiger partial charge in [0.15, 0.2) is 0 Å². The van der Waals surface area contributed by atoms with Crippen LogP contribution in [0.1, 0.15) is 53.4 Å². The van der Waals surface area contributed by atoms with Gasteiger partial charge in [0, 0.05) is 23.5 Å². The molecule has 0 aromatic carbocycles. The molecule has 1 saturated heterocycles. The number of hydrogen-bond acceptors (Lipinski definition) is 9. The van der Waals surface area contributed by atoms with E-state index in [1.165, 1.54) is 5.06 Å². The standard InChI is InChI=1S/C23H44N2O9/c1-22(2)17-19(18-23(3,4)25(22)29)24-20(26)5-7-30-9-11-32-13-15-34-16-14-33-12-10-31-8-6-21(27)28/h19,29H,5-18H2,1-4H3,(H,24,26)(H,27,28). The van der Waals surface area contributed by atoms with E-state index in [2.05, 4.69) is 5.32 Å². The predicted octanol–water partition coefficient (Wildman–Crippen LogP) is 1.46. The Morgan fingerprint density at radius 1 is 0.735 bits per heavy atom. The number of amides is 1. The van der Waals surface area contributed by atoms with Crippen LogP contribution in [0.25, 0.3) is 0 Å². The van der Waals surface area contributed by atoms with Crippen molar-refractivity contribution < 1.29 is 43.6 Å². The van der Waals surface area contributed by atoms with Crippen LogP contribution < -0.4 is 5.32 Å². The third-order valence-corrected chi connectivity index (χ3v) is 5.43. The van der Waals surface area contributed by atoms with Gasteiger partial charge in [-0.25, -0.2) is 0 Å². The van der Waals surface area contributed by atoms with Gasteiger partial charge in [-0.05, 0) is 40.5 Å². The summed E-state index contributed by atoms with van der Waals surface area (Å²) < 4.78 is 26.7. The molecule has 0 unspecified atom stereocenters. The maximum atomic E-state index is 12.2. The lowest BCUT2D eigenvalue weighted by Gasteiger charge is -2.51. The maximum Gasteiger partial charge on any atom is 0.305 e. The number of carbonyl (C=O) groups is 2. The van der Waals surface area contributed by atoms with Crippen molar-refractivity contribution in [3.63, 3.8) is 0 Å². The normalized spacial score (nSPS) is 18.1. The number of carboxylic acid groups (broad SMARTS) is 1. The number of hydroxylamine groups is 2. The van der Waals surface area contributed by atoms with Crippen molar-refractivity contribution in [3.05, 3.63) is 0 Å². The minimum Gasteiger partial charge on any atom is -0.481 e. The van der Waals surface area contributed by atoms with Crippen LogP contribution in [0.5, 0.6) is 0 Å². The molecule has 0 aromatic heterocycles. The first kappa shape index (κ1) is 30.7. The molecule has 0 spiro atoms. The van der Waals surface area contributed by atoms with Crippen molar-refractivity contribution >= 4 is 11.9 Å². The van der Waals surface area contributed by atoms with Gasteiger partial charge < -0.3 is 39.3 Å². The second kappa shape index (κ2) is 16.4. The number of ether oxygens (including phenoxy) is 5. The molecule has 1 fully saturated rings. The van der Waals surface area contributed by atoms with Gasteiger partial charge in [0.2, 0.25) is 5.91 Å². The van der Waals surface area contributed by atoms with Crippen molar-refractivity contribution in [2.75, 3.05) is 66.1 Å². The van der Waals surface area contributed by atoms with E-state index in [9.17, 15) is 14.8 Å². The summed E-state index contributed by atoms with van der Waals surface area (Å²) in [5.41, 5.74) is -0.798. The van der Waals surface area contributed by atoms with Crippen LogP contribution in [0.3, 0.4) is 0 Å². The fourth-order valence-electron chi connectivity index (χ4n) is 3.98. The summed E-state index contributed by atoms with van der Waals surface area (Å²) in [5, 5.41) is 23.3. The minimum absolute atomic E-state index is 0.00763. The van der Waals surface area contributed by atoms with Crippen LogP contribution in [0.15, 0.2) is 0 Å². The lowest BCUT2D eigenvalue weighted by Crippen LogP contribution is -2.62. The van der Waals surface area contributed by atoms with Crippen LogP contribution in [-0.4, -0.2) is 110 Å². The van der Waals surface area contributed by atoms with Crippen molar-refractivity contribution in [1.29, 1.82) is 0 Å². The summed E-state index contributed by atoms with van der Waals surface area (Å²) in [6.07, 6.45) is 1.65. The van der Waals surface area contributed by atoms with Gasteiger partial charge in [-0.3, -0.25) is 9.59 Å². The first-order chi connectivity index (χ1) is 16.0. The molecule has 34 heavy (non-hydrogen) atoms. The Hall–Kier alpha value is -1.34. The number of nitrogens with one attached hydrogen (secondary N) is 1. The van der Waals surface area contributed by atoms with Crippen LogP contribution in [0.4, 0.5) is 0 Å².